The van der Waals surface area contributed by atoms with Gasteiger partial charge in [-0.1, -0.05) is 69.5 Å². The smallest absolute Gasteiger partial charge is 0.408 e. The van der Waals surface area contributed by atoms with Gasteiger partial charge < -0.3 is 19.5 Å². The van der Waals surface area contributed by atoms with E-state index in [0.29, 0.717) is 13.2 Å². The Bertz CT molecular complexity index is 832. The van der Waals surface area contributed by atoms with E-state index >= 15 is 0 Å². The molecule has 2 aromatic rings. The highest BCUT2D eigenvalue weighted by Crippen LogP contribution is 2.27. The second-order valence-corrected chi connectivity index (χ2v) is 9.01. The van der Waals surface area contributed by atoms with Gasteiger partial charge in [0, 0.05) is 7.11 Å². The molecule has 5 heteroatoms. The minimum atomic E-state index is -0.541. The number of ether oxygens (including phenoxy) is 3. The van der Waals surface area contributed by atoms with Crippen LogP contribution >= 0.6 is 0 Å². The third-order valence-electron chi connectivity index (χ3n) is 5.76. The molecule has 0 aliphatic rings. The highest BCUT2D eigenvalue weighted by molar-refractivity contribution is 5.69. The average molecular weight is 456 g/mol. The van der Waals surface area contributed by atoms with E-state index in [1.165, 1.54) is 12.8 Å². The third-order valence-corrected chi connectivity index (χ3v) is 5.76. The summed E-state index contributed by atoms with van der Waals surface area (Å²) in [7, 11) is 1.66. The first kappa shape index (κ1) is 26.7. The number of amides is 1. The van der Waals surface area contributed by atoms with Gasteiger partial charge in [0.25, 0.3) is 0 Å². The molecule has 0 radical (unpaired) electrons. The summed E-state index contributed by atoms with van der Waals surface area (Å²) in [4.78, 5) is 12.6. The Morgan fingerprint density at radius 3 is 2.36 bits per heavy atom. The number of unbranched alkanes of at least 4 members (excludes halogenated alkanes) is 2. The van der Waals surface area contributed by atoms with Gasteiger partial charge in [-0.3, -0.25) is 0 Å². The number of nitrogens with one attached hydrogen (secondary N) is 1. The lowest BCUT2D eigenvalue weighted by Gasteiger charge is -2.28. The minimum Gasteiger partial charge on any atom is -0.491 e. The summed E-state index contributed by atoms with van der Waals surface area (Å²) in [6.07, 6.45) is 5.91. The molecule has 0 aromatic heterocycles. The SMILES string of the molecule is CCCCCC(CCC)OC(=O)NC(C)(C)c1ccc(-c2cccc(OCCOC)c2)cc1. The van der Waals surface area contributed by atoms with Gasteiger partial charge in [0.1, 0.15) is 18.5 Å². The fourth-order valence-electron chi connectivity index (χ4n) is 3.80. The number of hydrogen-bond acceptors (Lipinski definition) is 4. The highest BCUT2D eigenvalue weighted by atomic mass is 16.6. The van der Waals surface area contributed by atoms with Crippen molar-refractivity contribution < 1.29 is 19.0 Å². The van der Waals surface area contributed by atoms with Gasteiger partial charge in [-0.05, 0) is 61.9 Å². The lowest BCUT2D eigenvalue weighted by molar-refractivity contribution is 0.0786. The zero-order valence-electron chi connectivity index (χ0n) is 21.0. The molecule has 5 nitrogen and oxygen atoms in total. The fraction of sp³-hybridized carbons (Fsp3) is 0.536. The molecule has 182 valence electrons. The molecule has 0 spiro atoms. The number of benzene rings is 2. The molecule has 1 N–H and O–H groups in total. The first-order valence-electron chi connectivity index (χ1n) is 12.2. The van der Waals surface area contributed by atoms with Crippen LogP contribution in [-0.4, -0.2) is 32.5 Å². The van der Waals surface area contributed by atoms with Crippen LogP contribution in [0.2, 0.25) is 0 Å². The van der Waals surface area contributed by atoms with E-state index in [-0.39, 0.29) is 12.2 Å². The fourth-order valence-corrected chi connectivity index (χ4v) is 3.80. The molecular formula is C28H41NO4. The average Bonchev–Trinajstić information content (AvgIpc) is 2.79. The second kappa shape index (κ2) is 13.9. The van der Waals surface area contributed by atoms with Crippen LogP contribution in [0.1, 0.15) is 71.8 Å². The first-order valence-corrected chi connectivity index (χ1v) is 12.2. The molecule has 0 saturated heterocycles. The van der Waals surface area contributed by atoms with E-state index < -0.39 is 5.54 Å². The predicted octanol–water partition coefficient (Wildman–Crippen LogP) is 7.09. The number of hydrogen-bond donors (Lipinski definition) is 1. The first-order chi connectivity index (χ1) is 15.9. The summed E-state index contributed by atoms with van der Waals surface area (Å²) in [5, 5.41) is 3.06. The summed E-state index contributed by atoms with van der Waals surface area (Å²) >= 11 is 0. The van der Waals surface area contributed by atoms with Gasteiger partial charge in [0.2, 0.25) is 0 Å². The van der Waals surface area contributed by atoms with Crippen LogP contribution in [0.4, 0.5) is 4.79 Å². The van der Waals surface area contributed by atoms with Crippen molar-refractivity contribution in [3.05, 3.63) is 54.1 Å². The lowest BCUT2D eigenvalue weighted by Crippen LogP contribution is -2.42. The maximum absolute atomic E-state index is 12.6. The normalized spacial score (nSPS) is 12.3. The molecular weight excluding hydrogens is 414 g/mol. The maximum atomic E-state index is 12.6. The summed E-state index contributed by atoms with van der Waals surface area (Å²) < 4.78 is 16.5. The van der Waals surface area contributed by atoms with E-state index in [1.54, 1.807) is 7.11 Å². The van der Waals surface area contributed by atoms with Crippen LogP contribution in [-0.2, 0) is 15.0 Å². The van der Waals surface area contributed by atoms with Crippen molar-refractivity contribution in [2.45, 2.75) is 77.9 Å². The summed E-state index contributed by atoms with van der Waals surface area (Å²) in [6, 6.07) is 16.3. The Hall–Kier alpha value is -2.53. The quantitative estimate of drug-likeness (QED) is 0.309. The Labute approximate surface area is 199 Å². The molecule has 0 bridgehead atoms. The van der Waals surface area contributed by atoms with Crippen LogP contribution < -0.4 is 10.1 Å². The maximum Gasteiger partial charge on any atom is 0.408 e. The van der Waals surface area contributed by atoms with Gasteiger partial charge in [-0.15, -0.1) is 0 Å². The highest BCUT2D eigenvalue weighted by Gasteiger charge is 2.25. The van der Waals surface area contributed by atoms with Gasteiger partial charge in [0.15, 0.2) is 0 Å². The van der Waals surface area contributed by atoms with Crippen molar-refractivity contribution in [2.24, 2.45) is 0 Å². The second-order valence-electron chi connectivity index (χ2n) is 9.01. The standard InChI is InChI=1S/C28H41NO4/c1-6-8-9-13-25(11-7-2)33-27(30)29-28(3,4)24-17-15-22(16-18-24)23-12-10-14-26(21-23)32-20-19-31-5/h10,12,14-18,21,25H,6-9,11,13,19-20H2,1-5H3,(H,29,30). The lowest BCUT2D eigenvalue weighted by atomic mass is 9.92. The molecule has 0 aliphatic heterocycles. The van der Waals surface area contributed by atoms with Crippen molar-refractivity contribution in [2.75, 3.05) is 20.3 Å². The number of alkyl carbamates (subject to hydrolysis) is 1. The van der Waals surface area contributed by atoms with Crippen LogP contribution in [0, 0.1) is 0 Å². The monoisotopic (exact) mass is 455 g/mol. The molecule has 1 atom stereocenters. The minimum absolute atomic E-state index is 0.0156. The Balaban J connectivity index is 2.00. The number of carbonyl (C=O) groups is 1. The van der Waals surface area contributed by atoms with Crippen LogP contribution in [0.5, 0.6) is 5.75 Å². The van der Waals surface area contributed by atoms with Gasteiger partial charge in [0.05, 0.1) is 12.1 Å². The molecule has 1 unspecified atom stereocenters. The zero-order chi connectivity index (χ0) is 24.1. The number of methoxy groups -OCH3 is 1. The van der Waals surface area contributed by atoms with Crippen LogP contribution in [0.15, 0.2) is 48.5 Å². The zero-order valence-corrected chi connectivity index (χ0v) is 21.0. The molecule has 33 heavy (non-hydrogen) atoms. The van der Waals surface area contributed by atoms with Crippen LogP contribution in [0.3, 0.4) is 0 Å². The molecule has 0 heterocycles. The third kappa shape index (κ3) is 9.09. The molecule has 2 rings (SSSR count). The Morgan fingerprint density at radius 2 is 1.70 bits per heavy atom. The number of carbonyl (C=O) groups excluding carboxylic acids is 1. The van der Waals surface area contributed by atoms with Crippen molar-refractivity contribution in [1.29, 1.82) is 0 Å². The van der Waals surface area contributed by atoms with Crippen LogP contribution in [0.25, 0.3) is 11.1 Å². The van der Waals surface area contributed by atoms with E-state index in [4.69, 9.17) is 14.2 Å². The summed E-state index contributed by atoms with van der Waals surface area (Å²) in [5.41, 5.74) is 2.65. The molecule has 1 amide bonds. The van der Waals surface area contributed by atoms with Crippen molar-refractivity contribution in [3.8, 4) is 16.9 Å². The molecule has 2 aromatic carbocycles. The Morgan fingerprint density at radius 1 is 0.939 bits per heavy atom. The van der Waals surface area contributed by atoms with Crippen molar-refractivity contribution >= 4 is 6.09 Å². The molecule has 0 aliphatic carbocycles. The van der Waals surface area contributed by atoms with Crippen molar-refractivity contribution in [3.63, 3.8) is 0 Å². The Kier molecular flexibility index (Phi) is 11.2. The van der Waals surface area contributed by atoms with Gasteiger partial charge in [-0.25, -0.2) is 4.79 Å². The van der Waals surface area contributed by atoms with Crippen molar-refractivity contribution in [1.82, 2.24) is 5.32 Å². The van der Waals surface area contributed by atoms with E-state index in [1.807, 2.05) is 32.0 Å². The largest absolute Gasteiger partial charge is 0.491 e. The van der Waals surface area contributed by atoms with Gasteiger partial charge in [-0.2, -0.15) is 0 Å². The summed E-state index contributed by atoms with van der Waals surface area (Å²) in [6.45, 7) is 9.39. The predicted molar refractivity (Wildman–Crippen MR) is 135 cm³/mol. The summed E-state index contributed by atoms with van der Waals surface area (Å²) in [5.74, 6) is 0.818. The van der Waals surface area contributed by atoms with Gasteiger partial charge >= 0.3 is 6.09 Å². The topological polar surface area (TPSA) is 56.8 Å². The van der Waals surface area contributed by atoms with E-state index in [2.05, 4.69) is 49.5 Å². The molecule has 0 fully saturated rings. The molecule has 0 saturated carbocycles. The van der Waals surface area contributed by atoms with E-state index in [0.717, 1.165) is 48.1 Å². The number of rotatable bonds is 14. The van der Waals surface area contributed by atoms with E-state index in [9.17, 15) is 4.79 Å².